The standard InChI is InChI=1S/C26H27F3O2S2/c1-16-13-21(14-17(2)23(16)18-5-7-19(8-6-18)26(27,28)29)32-15-25(3,4)12-11-20-9-10-22(33-20)24(30)31/h5-10,13-14H,11-12,15H2,1-4H3,(H,30,31). The molecule has 0 radical (unpaired) electrons. The molecule has 0 atom stereocenters. The van der Waals surface area contributed by atoms with Crippen molar-refractivity contribution in [2.24, 2.45) is 5.41 Å². The lowest BCUT2D eigenvalue weighted by Gasteiger charge is -2.24. The van der Waals surface area contributed by atoms with Gasteiger partial charge in [0.2, 0.25) is 0 Å². The molecule has 0 saturated carbocycles. The summed E-state index contributed by atoms with van der Waals surface area (Å²) in [5.41, 5.74) is 3.25. The van der Waals surface area contributed by atoms with Gasteiger partial charge in [0.15, 0.2) is 0 Å². The van der Waals surface area contributed by atoms with Crippen LogP contribution in [0.1, 0.15) is 51.5 Å². The van der Waals surface area contributed by atoms with Gasteiger partial charge in [0, 0.05) is 15.5 Å². The molecule has 2 aromatic carbocycles. The summed E-state index contributed by atoms with van der Waals surface area (Å²) in [6, 6.07) is 13.1. The molecule has 7 heteroatoms. The fourth-order valence-electron chi connectivity index (χ4n) is 3.73. The summed E-state index contributed by atoms with van der Waals surface area (Å²) in [6.07, 6.45) is -2.55. The van der Waals surface area contributed by atoms with Gasteiger partial charge in [-0.1, -0.05) is 26.0 Å². The van der Waals surface area contributed by atoms with Crippen molar-refractivity contribution in [2.75, 3.05) is 5.75 Å². The summed E-state index contributed by atoms with van der Waals surface area (Å²) in [6.45, 7) is 8.40. The van der Waals surface area contributed by atoms with E-state index in [0.29, 0.717) is 4.88 Å². The van der Waals surface area contributed by atoms with Gasteiger partial charge in [-0.05, 0) is 90.8 Å². The highest BCUT2D eigenvalue weighted by atomic mass is 32.2. The quantitative estimate of drug-likeness (QED) is 0.320. The maximum atomic E-state index is 12.9. The third-order valence-corrected chi connectivity index (χ3v) is 8.19. The first-order valence-corrected chi connectivity index (χ1v) is 12.4. The maximum Gasteiger partial charge on any atom is 0.416 e. The van der Waals surface area contributed by atoms with E-state index in [1.54, 1.807) is 17.8 Å². The smallest absolute Gasteiger partial charge is 0.416 e. The van der Waals surface area contributed by atoms with E-state index in [4.69, 9.17) is 5.11 Å². The van der Waals surface area contributed by atoms with Crippen molar-refractivity contribution in [3.8, 4) is 11.1 Å². The lowest BCUT2D eigenvalue weighted by molar-refractivity contribution is -0.137. The number of rotatable bonds is 8. The van der Waals surface area contributed by atoms with Crippen molar-refractivity contribution in [3.63, 3.8) is 0 Å². The van der Waals surface area contributed by atoms with Gasteiger partial charge < -0.3 is 5.11 Å². The van der Waals surface area contributed by atoms with Gasteiger partial charge >= 0.3 is 12.1 Å². The second-order valence-electron chi connectivity index (χ2n) is 9.03. The first-order valence-electron chi connectivity index (χ1n) is 10.6. The van der Waals surface area contributed by atoms with E-state index in [2.05, 4.69) is 26.0 Å². The van der Waals surface area contributed by atoms with Gasteiger partial charge in [0.05, 0.1) is 5.56 Å². The molecule has 0 aliphatic carbocycles. The number of benzene rings is 2. The van der Waals surface area contributed by atoms with Crippen molar-refractivity contribution >= 4 is 29.1 Å². The summed E-state index contributed by atoms with van der Waals surface area (Å²) < 4.78 is 38.6. The van der Waals surface area contributed by atoms with Gasteiger partial charge in [0.25, 0.3) is 0 Å². The first kappa shape index (κ1) is 25.4. The Bertz CT molecular complexity index is 1110. The van der Waals surface area contributed by atoms with Crippen LogP contribution in [-0.4, -0.2) is 16.8 Å². The Morgan fingerprint density at radius 2 is 1.61 bits per heavy atom. The van der Waals surface area contributed by atoms with Crippen LogP contribution in [0.2, 0.25) is 0 Å². The predicted molar refractivity (Wildman–Crippen MR) is 130 cm³/mol. The van der Waals surface area contributed by atoms with Gasteiger partial charge in [-0.25, -0.2) is 4.79 Å². The number of carboxylic acids is 1. The lowest BCUT2D eigenvalue weighted by Crippen LogP contribution is -2.15. The zero-order valence-corrected chi connectivity index (χ0v) is 20.7. The first-order chi connectivity index (χ1) is 15.4. The van der Waals surface area contributed by atoms with E-state index >= 15 is 0 Å². The molecule has 0 aliphatic rings. The zero-order chi connectivity index (χ0) is 24.4. The number of carboxylic acid groups (broad SMARTS) is 1. The molecule has 1 N–H and O–H groups in total. The Balaban J connectivity index is 1.66. The van der Waals surface area contributed by atoms with Crippen LogP contribution < -0.4 is 0 Å². The van der Waals surface area contributed by atoms with E-state index in [9.17, 15) is 18.0 Å². The Kier molecular flexibility index (Phi) is 7.64. The van der Waals surface area contributed by atoms with Crippen LogP contribution in [0.5, 0.6) is 0 Å². The van der Waals surface area contributed by atoms with Gasteiger partial charge in [-0.3, -0.25) is 0 Å². The molecule has 176 valence electrons. The summed E-state index contributed by atoms with van der Waals surface area (Å²) >= 11 is 3.10. The Morgan fingerprint density at radius 1 is 1.00 bits per heavy atom. The fourth-order valence-corrected chi connectivity index (χ4v) is 5.80. The SMILES string of the molecule is Cc1cc(SCC(C)(C)CCc2ccc(C(=O)O)s2)cc(C)c1-c1ccc(C(F)(F)F)cc1. The normalized spacial score (nSPS) is 12.2. The van der Waals surface area contributed by atoms with E-state index in [1.165, 1.54) is 23.5 Å². The highest BCUT2D eigenvalue weighted by Gasteiger charge is 2.30. The number of hydrogen-bond acceptors (Lipinski definition) is 3. The van der Waals surface area contributed by atoms with Crippen molar-refractivity contribution in [1.82, 2.24) is 0 Å². The maximum absolute atomic E-state index is 12.9. The van der Waals surface area contributed by atoms with Crippen molar-refractivity contribution in [1.29, 1.82) is 0 Å². The molecule has 1 aromatic heterocycles. The van der Waals surface area contributed by atoms with Crippen LogP contribution in [0, 0.1) is 19.3 Å². The Labute approximate surface area is 200 Å². The van der Waals surface area contributed by atoms with Gasteiger partial charge in [-0.2, -0.15) is 13.2 Å². The highest BCUT2D eigenvalue weighted by Crippen LogP contribution is 2.37. The van der Waals surface area contributed by atoms with Gasteiger partial charge in [-0.15, -0.1) is 23.1 Å². The second-order valence-corrected chi connectivity index (χ2v) is 11.2. The van der Waals surface area contributed by atoms with Crippen LogP contribution in [0.25, 0.3) is 11.1 Å². The average molecular weight is 493 g/mol. The van der Waals surface area contributed by atoms with Crippen molar-refractivity contribution in [3.05, 3.63) is 75.0 Å². The molecule has 33 heavy (non-hydrogen) atoms. The van der Waals surface area contributed by atoms with Crippen LogP contribution in [-0.2, 0) is 12.6 Å². The minimum absolute atomic E-state index is 0.0615. The predicted octanol–water partition coefficient (Wildman–Crippen LogP) is 8.50. The highest BCUT2D eigenvalue weighted by molar-refractivity contribution is 7.99. The third-order valence-electron chi connectivity index (χ3n) is 5.56. The summed E-state index contributed by atoms with van der Waals surface area (Å²) in [5, 5.41) is 9.08. The largest absolute Gasteiger partial charge is 0.477 e. The summed E-state index contributed by atoms with van der Waals surface area (Å²) in [7, 11) is 0. The molecule has 0 bridgehead atoms. The number of thioether (sulfide) groups is 1. The van der Waals surface area contributed by atoms with Crippen LogP contribution in [0.15, 0.2) is 53.4 Å². The van der Waals surface area contributed by atoms with E-state index in [0.717, 1.165) is 62.8 Å². The average Bonchev–Trinajstić information content (AvgIpc) is 3.20. The molecular formula is C26H27F3O2S2. The number of aromatic carboxylic acids is 1. The Morgan fingerprint density at radius 3 is 2.12 bits per heavy atom. The minimum atomic E-state index is -4.34. The molecule has 0 spiro atoms. The fraction of sp³-hybridized carbons (Fsp3) is 0.346. The summed E-state index contributed by atoms with van der Waals surface area (Å²) in [5.74, 6) is 0.0226. The Hall–Kier alpha value is -2.25. The molecule has 0 amide bonds. The topological polar surface area (TPSA) is 37.3 Å². The number of carbonyl (C=O) groups is 1. The molecule has 0 unspecified atom stereocenters. The minimum Gasteiger partial charge on any atom is -0.477 e. The van der Waals surface area contributed by atoms with Crippen LogP contribution >= 0.6 is 23.1 Å². The van der Waals surface area contributed by atoms with Gasteiger partial charge in [0.1, 0.15) is 4.88 Å². The number of thiophene rings is 1. The molecular weight excluding hydrogens is 465 g/mol. The van der Waals surface area contributed by atoms with Crippen LogP contribution in [0.3, 0.4) is 0 Å². The number of halogens is 3. The zero-order valence-electron chi connectivity index (χ0n) is 19.0. The molecule has 2 nitrogen and oxygen atoms in total. The molecule has 3 aromatic rings. The monoisotopic (exact) mass is 492 g/mol. The van der Waals surface area contributed by atoms with E-state index in [-0.39, 0.29) is 5.41 Å². The molecule has 0 aliphatic heterocycles. The summed E-state index contributed by atoms with van der Waals surface area (Å²) in [4.78, 5) is 13.7. The van der Waals surface area contributed by atoms with E-state index in [1.807, 2.05) is 19.9 Å². The van der Waals surface area contributed by atoms with Crippen LogP contribution in [0.4, 0.5) is 13.2 Å². The molecule has 0 fully saturated rings. The lowest BCUT2D eigenvalue weighted by atomic mass is 9.90. The molecule has 1 heterocycles. The van der Waals surface area contributed by atoms with Crippen molar-refractivity contribution in [2.45, 2.75) is 51.6 Å². The molecule has 3 rings (SSSR count). The number of alkyl halides is 3. The third kappa shape index (κ3) is 6.64. The van der Waals surface area contributed by atoms with E-state index < -0.39 is 17.7 Å². The second kappa shape index (κ2) is 9.94. The number of aryl methyl sites for hydroxylation is 3. The number of hydrogen-bond donors (Lipinski definition) is 1. The van der Waals surface area contributed by atoms with Crippen molar-refractivity contribution < 1.29 is 23.1 Å². The molecule has 0 saturated heterocycles.